The van der Waals surface area contributed by atoms with Gasteiger partial charge < -0.3 is 4.74 Å². The minimum absolute atomic E-state index is 0.426. The number of ether oxygens (including phenoxy) is 1. The lowest BCUT2D eigenvalue weighted by Gasteiger charge is -2.27. The Hall–Kier alpha value is -0.120. The Balaban J connectivity index is 2.25. The van der Waals surface area contributed by atoms with Crippen molar-refractivity contribution in [2.45, 2.75) is 37.8 Å². The number of hydrogen-bond donors (Lipinski definition) is 2. The van der Waals surface area contributed by atoms with Gasteiger partial charge in [-0.25, -0.2) is 0 Å². The van der Waals surface area contributed by atoms with Crippen molar-refractivity contribution in [3.05, 3.63) is 0 Å². The summed E-state index contributed by atoms with van der Waals surface area (Å²) in [4.78, 5) is 0. The fourth-order valence-corrected chi connectivity index (χ4v) is 1.51. The van der Waals surface area contributed by atoms with Crippen LogP contribution in [0, 0.1) is 0 Å². The minimum Gasteiger partial charge on any atom is -0.381 e. The smallest absolute Gasteiger partial charge is 0.0586 e. The molecule has 1 fully saturated rings. The van der Waals surface area contributed by atoms with E-state index in [9.17, 15) is 0 Å². The molecule has 3 N–H and O–H groups in total. The standard InChI is InChI=1S/C7H16N2O/c1-10-7-4-2-3-6(5-7)9-8/h6-7,9H,2-5,8H2,1H3. The van der Waals surface area contributed by atoms with Crippen molar-refractivity contribution in [2.24, 2.45) is 5.84 Å². The summed E-state index contributed by atoms with van der Waals surface area (Å²) >= 11 is 0. The Morgan fingerprint density at radius 2 is 2.30 bits per heavy atom. The topological polar surface area (TPSA) is 47.3 Å². The van der Waals surface area contributed by atoms with Gasteiger partial charge in [-0.05, 0) is 25.7 Å². The summed E-state index contributed by atoms with van der Waals surface area (Å²) in [5, 5.41) is 0. The largest absolute Gasteiger partial charge is 0.381 e. The van der Waals surface area contributed by atoms with Crippen LogP contribution in [0.4, 0.5) is 0 Å². The quantitative estimate of drug-likeness (QED) is 0.436. The number of methoxy groups -OCH3 is 1. The van der Waals surface area contributed by atoms with Crippen LogP contribution in [-0.2, 0) is 4.74 Å². The van der Waals surface area contributed by atoms with Crippen LogP contribution in [0.3, 0.4) is 0 Å². The van der Waals surface area contributed by atoms with Crippen molar-refractivity contribution in [3.63, 3.8) is 0 Å². The first kappa shape index (κ1) is 7.98. The third-order valence-electron chi connectivity index (χ3n) is 2.20. The first-order valence-corrected chi connectivity index (χ1v) is 3.85. The summed E-state index contributed by atoms with van der Waals surface area (Å²) in [5.74, 6) is 5.31. The van der Waals surface area contributed by atoms with Gasteiger partial charge in [0.05, 0.1) is 6.10 Å². The van der Waals surface area contributed by atoms with Crippen LogP contribution in [-0.4, -0.2) is 19.3 Å². The van der Waals surface area contributed by atoms with Crippen molar-refractivity contribution >= 4 is 0 Å². The zero-order valence-electron chi connectivity index (χ0n) is 6.47. The molecular weight excluding hydrogens is 128 g/mol. The summed E-state index contributed by atoms with van der Waals surface area (Å²) in [6.07, 6.45) is 5.10. The lowest BCUT2D eigenvalue weighted by molar-refractivity contribution is 0.0589. The Morgan fingerprint density at radius 3 is 2.90 bits per heavy atom. The molecule has 3 heteroatoms. The second-order valence-corrected chi connectivity index (χ2v) is 2.89. The highest BCUT2D eigenvalue weighted by atomic mass is 16.5. The monoisotopic (exact) mass is 144 g/mol. The average Bonchev–Trinajstić information content (AvgIpc) is 2.05. The molecule has 0 amide bonds. The Morgan fingerprint density at radius 1 is 1.50 bits per heavy atom. The molecule has 1 saturated carbocycles. The van der Waals surface area contributed by atoms with Gasteiger partial charge in [0.25, 0.3) is 0 Å². The zero-order valence-corrected chi connectivity index (χ0v) is 6.47. The van der Waals surface area contributed by atoms with Gasteiger partial charge in [-0.15, -0.1) is 0 Å². The van der Waals surface area contributed by atoms with E-state index in [0.717, 1.165) is 6.42 Å². The summed E-state index contributed by atoms with van der Waals surface area (Å²) in [6, 6.07) is 0.471. The number of hydrogen-bond acceptors (Lipinski definition) is 3. The van der Waals surface area contributed by atoms with E-state index in [-0.39, 0.29) is 0 Å². The highest BCUT2D eigenvalue weighted by Crippen LogP contribution is 2.19. The van der Waals surface area contributed by atoms with E-state index < -0.39 is 0 Å². The normalized spacial score (nSPS) is 34.2. The van der Waals surface area contributed by atoms with Crippen LogP contribution in [0.15, 0.2) is 0 Å². The molecule has 0 bridgehead atoms. The fraction of sp³-hybridized carbons (Fsp3) is 1.00. The second-order valence-electron chi connectivity index (χ2n) is 2.89. The summed E-state index contributed by atoms with van der Waals surface area (Å²) in [6.45, 7) is 0. The van der Waals surface area contributed by atoms with Crippen LogP contribution in [0.1, 0.15) is 25.7 Å². The maximum Gasteiger partial charge on any atom is 0.0586 e. The van der Waals surface area contributed by atoms with E-state index in [1.165, 1.54) is 19.3 Å². The van der Waals surface area contributed by atoms with Crippen LogP contribution in [0.5, 0.6) is 0 Å². The molecule has 0 aromatic carbocycles. The molecule has 3 nitrogen and oxygen atoms in total. The highest BCUT2D eigenvalue weighted by molar-refractivity contribution is 4.75. The van der Waals surface area contributed by atoms with Crippen LogP contribution in [0.2, 0.25) is 0 Å². The van der Waals surface area contributed by atoms with Crippen LogP contribution >= 0.6 is 0 Å². The summed E-state index contributed by atoms with van der Waals surface area (Å²) in [5.41, 5.74) is 2.79. The molecule has 0 heterocycles. The maximum atomic E-state index is 5.31. The van der Waals surface area contributed by atoms with Gasteiger partial charge in [-0.3, -0.25) is 11.3 Å². The van der Waals surface area contributed by atoms with E-state index in [2.05, 4.69) is 5.43 Å². The van der Waals surface area contributed by atoms with Crippen molar-refractivity contribution in [3.8, 4) is 0 Å². The molecule has 0 spiro atoms. The molecule has 1 aliphatic rings. The molecule has 0 radical (unpaired) electrons. The molecule has 0 aliphatic heterocycles. The van der Waals surface area contributed by atoms with Crippen LogP contribution in [0.25, 0.3) is 0 Å². The molecule has 0 aromatic rings. The lowest BCUT2D eigenvalue weighted by atomic mass is 9.93. The molecule has 2 atom stereocenters. The Kier molecular flexibility index (Phi) is 3.12. The number of nitrogens with one attached hydrogen (secondary N) is 1. The molecular formula is C7H16N2O. The van der Waals surface area contributed by atoms with Gasteiger partial charge >= 0.3 is 0 Å². The molecule has 10 heavy (non-hydrogen) atoms. The Bertz CT molecular complexity index is 87.6. The van der Waals surface area contributed by atoms with Gasteiger partial charge in [0.15, 0.2) is 0 Å². The average molecular weight is 144 g/mol. The van der Waals surface area contributed by atoms with E-state index in [4.69, 9.17) is 10.6 Å². The third-order valence-corrected chi connectivity index (χ3v) is 2.20. The van der Waals surface area contributed by atoms with E-state index >= 15 is 0 Å². The maximum absolute atomic E-state index is 5.31. The van der Waals surface area contributed by atoms with Gasteiger partial charge in [0.2, 0.25) is 0 Å². The van der Waals surface area contributed by atoms with Crippen molar-refractivity contribution < 1.29 is 4.74 Å². The van der Waals surface area contributed by atoms with Gasteiger partial charge in [0.1, 0.15) is 0 Å². The van der Waals surface area contributed by atoms with E-state index in [1.807, 2.05) is 0 Å². The molecule has 2 unspecified atom stereocenters. The fourth-order valence-electron chi connectivity index (χ4n) is 1.51. The first-order valence-electron chi connectivity index (χ1n) is 3.85. The molecule has 0 aromatic heterocycles. The third kappa shape index (κ3) is 1.94. The van der Waals surface area contributed by atoms with Crippen molar-refractivity contribution in [1.82, 2.24) is 5.43 Å². The molecule has 60 valence electrons. The van der Waals surface area contributed by atoms with Gasteiger partial charge in [0, 0.05) is 13.2 Å². The predicted molar refractivity (Wildman–Crippen MR) is 40.4 cm³/mol. The number of rotatable bonds is 2. The Labute approximate surface area is 61.9 Å². The van der Waals surface area contributed by atoms with E-state index in [1.54, 1.807) is 7.11 Å². The van der Waals surface area contributed by atoms with Crippen LogP contribution < -0.4 is 11.3 Å². The molecule has 1 rings (SSSR count). The van der Waals surface area contributed by atoms with Gasteiger partial charge in [-0.1, -0.05) is 0 Å². The van der Waals surface area contributed by atoms with Crippen molar-refractivity contribution in [2.75, 3.05) is 7.11 Å². The summed E-state index contributed by atoms with van der Waals surface area (Å²) < 4.78 is 5.23. The zero-order chi connectivity index (χ0) is 7.40. The van der Waals surface area contributed by atoms with Gasteiger partial charge in [-0.2, -0.15) is 0 Å². The molecule has 0 saturated heterocycles. The lowest BCUT2D eigenvalue weighted by Crippen LogP contribution is -2.40. The molecule has 1 aliphatic carbocycles. The van der Waals surface area contributed by atoms with Crippen molar-refractivity contribution in [1.29, 1.82) is 0 Å². The highest BCUT2D eigenvalue weighted by Gasteiger charge is 2.19. The first-order chi connectivity index (χ1) is 4.86. The summed E-state index contributed by atoms with van der Waals surface area (Å²) in [7, 11) is 1.77. The van der Waals surface area contributed by atoms with E-state index in [0.29, 0.717) is 12.1 Å². The minimum atomic E-state index is 0.426. The second kappa shape index (κ2) is 3.91. The number of hydrazine groups is 1. The predicted octanol–water partition coefficient (Wildman–Crippen LogP) is 0.407. The number of nitrogens with two attached hydrogens (primary N) is 1. The SMILES string of the molecule is COC1CCCC(NN)C1.